The van der Waals surface area contributed by atoms with Crippen molar-refractivity contribution in [2.45, 2.75) is 57.7 Å². The topological polar surface area (TPSA) is 66.9 Å². The molecule has 0 amide bonds. The zero-order chi connectivity index (χ0) is 16.0. The van der Waals surface area contributed by atoms with E-state index in [9.17, 15) is 14.7 Å². The number of Topliss-reactive ketones (excluding diaryl/α,β-unsaturated/α-hetero) is 1. The molecule has 0 spiro atoms. The average molecular weight is 316 g/mol. The minimum atomic E-state index is -0.353. The van der Waals surface area contributed by atoms with Crippen molar-refractivity contribution in [1.29, 1.82) is 0 Å². The highest BCUT2D eigenvalue weighted by Crippen LogP contribution is 2.66. The molecule has 0 bridgehead atoms. The lowest BCUT2D eigenvalue weighted by Crippen LogP contribution is -2.55. The second-order valence-electron chi connectivity index (χ2n) is 8.58. The van der Waals surface area contributed by atoms with Gasteiger partial charge in [-0.1, -0.05) is 12.5 Å². The van der Waals surface area contributed by atoms with Gasteiger partial charge in [0.1, 0.15) is 18.0 Å². The van der Waals surface area contributed by atoms with Crippen molar-refractivity contribution < 1.29 is 19.4 Å². The van der Waals surface area contributed by atoms with Crippen LogP contribution in [0.2, 0.25) is 0 Å². The van der Waals surface area contributed by atoms with Gasteiger partial charge in [0.25, 0.3) is 0 Å². The summed E-state index contributed by atoms with van der Waals surface area (Å²) in [6.45, 7) is 2.24. The minimum Gasteiger partial charge on any atom is -0.395 e. The van der Waals surface area contributed by atoms with E-state index < -0.39 is 0 Å². The number of aliphatic hydroxyl groups is 1. The first kappa shape index (κ1) is 14.4. The van der Waals surface area contributed by atoms with Crippen molar-refractivity contribution >= 4 is 11.6 Å². The van der Waals surface area contributed by atoms with Crippen molar-refractivity contribution in [3.05, 3.63) is 11.6 Å². The minimum absolute atomic E-state index is 0.0752. The molecule has 1 aliphatic heterocycles. The van der Waals surface area contributed by atoms with Crippen molar-refractivity contribution in [3.63, 3.8) is 0 Å². The van der Waals surface area contributed by atoms with Gasteiger partial charge in [-0.15, -0.1) is 0 Å². The molecule has 1 heterocycles. The summed E-state index contributed by atoms with van der Waals surface area (Å²) < 4.78 is 5.73. The Morgan fingerprint density at radius 1 is 1.22 bits per heavy atom. The smallest absolute Gasteiger partial charge is 0.187 e. The Kier molecular flexibility index (Phi) is 2.71. The van der Waals surface area contributed by atoms with Gasteiger partial charge in [0, 0.05) is 17.3 Å². The number of carbonyl (C=O) groups is 2. The Bertz CT molecular complexity index is 637. The summed E-state index contributed by atoms with van der Waals surface area (Å²) in [5, 5.41) is 10.4. The third-order valence-corrected chi connectivity index (χ3v) is 8.01. The number of epoxide rings is 1. The number of aliphatic hydroxyl groups excluding tert-OH is 1. The largest absolute Gasteiger partial charge is 0.395 e. The first-order valence-corrected chi connectivity index (χ1v) is 9.07. The van der Waals surface area contributed by atoms with E-state index in [0.29, 0.717) is 23.5 Å². The maximum Gasteiger partial charge on any atom is 0.187 e. The summed E-state index contributed by atoms with van der Waals surface area (Å²) >= 11 is 0. The number of hydrogen-bond acceptors (Lipinski definition) is 4. The number of hydrogen-bond donors (Lipinski definition) is 1. The van der Waals surface area contributed by atoms with E-state index in [2.05, 4.69) is 6.92 Å². The van der Waals surface area contributed by atoms with Crippen molar-refractivity contribution in [2.75, 3.05) is 6.61 Å². The maximum absolute atomic E-state index is 12.4. The Balaban J connectivity index is 1.58. The SMILES string of the molecule is C[C@]12CC[C@H]3[C@@H](CCC4=CC(=O)[C@@H]5O[C@@H]5[C@@]43CO)[C@@H]1CCC2=O. The highest BCUT2D eigenvalue weighted by Gasteiger charge is 2.69. The van der Waals surface area contributed by atoms with E-state index in [1.54, 1.807) is 6.08 Å². The van der Waals surface area contributed by atoms with Crippen LogP contribution in [0, 0.1) is 28.6 Å². The lowest BCUT2D eigenvalue weighted by molar-refractivity contribution is -0.133. The van der Waals surface area contributed by atoms with E-state index in [1.807, 2.05) is 0 Å². The molecule has 7 atom stereocenters. The summed E-state index contributed by atoms with van der Waals surface area (Å²) in [5.74, 6) is 1.83. The summed E-state index contributed by atoms with van der Waals surface area (Å²) in [6.07, 6.45) is 6.90. The highest BCUT2D eigenvalue weighted by molar-refractivity contribution is 5.98. The normalized spacial score (nSPS) is 53.8. The molecule has 0 aromatic heterocycles. The molecule has 0 aromatic carbocycles. The number of rotatable bonds is 1. The van der Waals surface area contributed by atoms with Crippen LogP contribution >= 0.6 is 0 Å². The zero-order valence-electron chi connectivity index (χ0n) is 13.6. The molecule has 4 aliphatic carbocycles. The van der Waals surface area contributed by atoms with E-state index >= 15 is 0 Å². The lowest BCUT2D eigenvalue weighted by Gasteiger charge is -2.56. The number of ketones is 2. The number of fused-ring (bicyclic) bond motifs is 7. The van der Waals surface area contributed by atoms with E-state index in [-0.39, 0.29) is 35.4 Å². The lowest BCUT2D eigenvalue weighted by atomic mass is 9.47. The van der Waals surface area contributed by atoms with Gasteiger partial charge in [-0.25, -0.2) is 0 Å². The molecule has 4 heteroatoms. The summed E-state index contributed by atoms with van der Waals surface area (Å²) in [6, 6.07) is 0. The fourth-order valence-corrected chi connectivity index (χ4v) is 6.78. The third-order valence-electron chi connectivity index (χ3n) is 8.01. The van der Waals surface area contributed by atoms with Crippen LogP contribution in [0.5, 0.6) is 0 Å². The molecule has 1 N–H and O–H groups in total. The molecule has 0 radical (unpaired) electrons. The molecule has 4 fully saturated rings. The van der Waals surface area contributed by atoms with Crippen molar-refractivity contribution in [2.24, 2.45) is 28.6 Å². The predicted octanol–water partition coefficient (Wildman–Crippen LogP) is 2.05. The standard InChI is InChI=1S/C19H24O4/c1-18-7-6-13-11(12(18)4-5-15(18)22)3-2-10-8-14(21)16-17(23-16)19(10,13)9-20/h8,11-13,16-17,20H,2-7,9H2,1H3/t11-,12-,13-,16-,17-,18-,19-/m0/s1. The van der Waals surface area contributed by atoms with Crippen molar-refractivity contribution in [1.82, 2.24) is 0 Å². The highest BCUT2D eigenvalue weighted by atomic mass is 16.6. The van der Waals surface area contributed by atoms with Crippen LogP contribution in [0.3, 0.4) is 0 Å². The van der Waals surface area contributed by atoms with Crippen LogP contribution in [0.4, 0.5) is 0 Å². The van der Waals surface area contributed by atoms with Crippen LogP contribution in [0.25, 0.3) is 0 Å². The second kappa shape index (κ2) is 4.34. The third kappa shape index (κ3) is 1.55. The van der Waals surface area contributed by atoms with Crippen LogP contribution in [0.1, 0.15) is 45.4 Å². The van der Waals surface area contributed by atoms with Gasteiger partial charge in [-0.05, 0) is 55.9 Å². The van der Waals surface area contributed by atoms with Gasteiger partial charge >= 0.3 is 0 Å². The summed E-state index contributed by atoms with van der Waals surface area (Å²) in [7, 11) is 0. The maximum atomic E-state index is 12.4. The van der Waals surface area contributed by atoms with Gasteiger partial charge in [0.2, 0.25) is 0 Å². The Morgan fingerprint density at radius 2 is 2.04 bits per heavy atom. The van der Waals surface area contributed by atoms with Crippen LogP contribution in [0.15, 0.2) is 11.6 Å². The fraction of sp³-hybridized carbons (Fsp3) is 0.789. The molecule has 1 saturated heterocycles. The molecule has 5 rings (SSSR count). The Hall–Kier alpha value is -1.00. The quantitative estimate of drug-likeness (QED) is 0.752. The van der Waals surface area contributed by atoms with E-state index in [4.69, 9.17) is 4.74 Å². The average Bonchev–Trinajstić information content (AvgIpc) is 3.29. The summed E-state index contributed by atoms with van der Waals surface area (Å²) in [4.78, 5) is 24.5. The molecule has 3 saturated carbocycles. The first-order chi connectivity index (χ1) is 11.0. The molecule has 5 aliphatic rings. The predicted molar refractivity (Wildman–Crippen MR) is 82.6 cm³/mol. The first-order valence-electron chi connectivity index (χ1n) is 9.07. The number of ether oxygens (including phenoxy) is 1. The second-order valence-corrected chi connectivity index (χ2v) is 8.58. The van der Waals surface area contributed by atoms with Crippen LogP contribution in [-0.2, 0) is 14.3 Å². The molecular formula is C19H24O4. The molecule has 124 valence electrons. The molecule has 23 heavy (non-hydrogen) atoms. The van der Waals surface area contributed by atoms with Gasteiger partial charge in [0.05, 0.1) is 6.61 Å². The van der Waals surface area contributed by atoms with Crippen LogP contribution in [-0.4, -0.2) is 35.5 Å². The molecule has 0 aromatic rings. The van der Waals surface area contributed by atoms with Gasteiger partial charge in [0.15, 0.2) is 5.78 Å². The fourth-order valence-electron chi connectivity index (χ4n) is 6.78. The Labute approximate surface area is 136 Å². The number of carbonyl (C=O) groups excluding carboxylic acids is 2. The Morgan fingerprint density at radius 3 is 2.83 bits per heavy atom. The molecule has 0 unspecified atom stereocenters. The van der Waals surface area contributed by atoms with Gasteiger partial charge in [-0.2, -0.15) is 0 Å². The summed E-state index contributed by atoms with van der Waals surface area (Å²) in [5.41, 5.74) is 0.625. The molecular weight excluding hydrogens is 292 g/mol. The van der Waals surface area contributed by atoms with E-state index in [0.717, 1.165) is 44.1 Å². The van der Waals surface area contributed by atoms with E-state index in [1.165, 1.54) is 0 Å². The van der Waals surface area contributed by atoms with Crippen molar-refractivity contribution in [3.8, 4) is 0 Å². The zero-order valence-corrected chi connectivity index (χ0v) is 13.6. The van der Waals surface area contributed by atoms with Gasteiger partial charge < -0.3 is 9.84 Å². The monoisotopic (exact) mass is 316 g/mol. The molecule has 4 nitrogen and oxygen atoms in total. The van der Waals surface area contributed by atoms with Gasteiger partial charge in [-0.3, -0.25) is 9.59 Å². The van der Waals surface area contributed by atoms with Crippen LogP contribution < -0.4 is 0 Å².